The highest BCUT2D eigenvalue weighted by molar-refractivity contribution is 5.92. The van der Waals surface area contributed by atoms with Crippen molar-refractivity contribution in [3.63, 3.8) is 0 Å². The zero-order valence-corrected chi connectivity index (χ0v) is 17.9. The Morgan fingerprint density at radius 1 is 1.00 bits per heavy atom. The van der Waals surface area contributed by atoms with Crippen LogP contribution in [0.1, 0.15) is 18.2 Å². The molecule has 0 spiro atoms. The van der Waals surface area contributed by atoms with Crippen molar-refractivity contribution in [2.24, 2.45) is 0 Å². The first-order valence-corrected chi connectivity index (χ1v) is 10.2. The number of rotatable bonds is 7. The summed E-state index contributed by atoms with van der Waals surface area (Å²) in [7, 11) is 1.65. The number of amides is 1. The molecular weight excluding hydrogens is 390 g/mol. The number of methoxy groups -OCH3 is 1. The number of hydrogen-bond acceptors (Lipinski definition) is 4. The van der Waals surface area contributed by atoms with Crippen molar-refractivity contribution in [1.82, 2.24) is 9.38 Å². The number of aryl methyl sites for hydroxylation is 1. The third kappa shape index (κ3) is 4.53. The summed E-state index contributed by atoms with van der Waals surface area (Å²) in [6.45, 7) is 4.58. The number of carbonyl (C=O) groups is 1. The molecule has 0 aliphatic carbocycles. The summed E-state index contributed by atoms with van der Waals surface area (Å²) in [5, 5.41) is 2.98. The molecule has 0 bridgehead atoms. The number of anilines is 1. The minimum atomic E-state index is -0.0725. The Hall–Kier alpha value is -3.80. The zero-order valence-electron chi connectivity index (χ0n) is 17.9. The zero-order chi connectivity index (χ0) is 21.8. The highest BCUT2D eigenvalue weighted by Gasteiger charge is 2.12. The van der Waals surface area contributed by atoms with E-state index in [1.165, 1.54) is 0 Å². The lowest BCUT2D eigenvalue weighted by molar-refractivity contribution is -0.115. The van der Waals surface area contributed by atoms with Gasteiger partial charge in [0.05, 0.1) is 31.5 Å². The molecule has 0 aliphatic rings. The molecule has 4 aromatic rings. The van der Waals surface area contributed by atoms with Gasteiger partial charge in [-0.1, -0.05) is 12.1 Å². The molecule has 2 heterocycles. The molecule has 6 nitrogen and oxygen atoms in total. The standard InChI is InChI=1S/C25H25N3O3/c1-4-31-22-10-5-18(6-11-22)15-24(29)26-20-9-14-23-27-25(17(2)28(23)16-20)19-7-12-21(30-3)13-8-19/h5-14,16H,4,15H2,1-3H3,(H,26,29). The van der Waals surface area contributed by atoms with E-state index < -0.39 is 0 Å². The largest absolute Gasteiger partial charge is 0.497 e. The molecule has 0 saturated carbocycles. The van der Waals surface area contributed by atoms with Crippen molar-refractivity contribution >= 4 is 17.2 Å². The second-order valence-electron chi connectivity index (χ2n) is 7.22. The fourth-order valence-electron chi connectivity index (χ4n) is 3.52. The first kappa shape index (κ1) is 20.5. The van der Waals surface area contributed by atoms with Crippen molar-refractivity contribution in [3.8, 4) is 22.8 Å². The maximum Gasteiger partial charge on any atom is 0.228 e. The Kier molecular flexibility index (Phi) is 5.89. The Bertz CT molecular complexity index is 1200. The van der Waals surface area contributed by atoms with Crippen LogP contribution in [0, 0.1) is 6.92 Å². The van der Waals surface area contributed by atoms with Crippen molar-refractivity contribution < 1.29 is 14.3 Å². The normalized spacial score (nSPS) is 10.8. The highest BCUT2D eigenvalue weighted by Crippen LogP contribution is 2.26. The van der Waals surface area contributed by atoms with Crippen LogP contribution in [0.4, 0.5) is 5.69 Å². The average Bonchev–Trinajstić information content (AvgIpc) is 3.11. The van der Waals surface area contributed by atoms with Crippen molar-refractivity contribution in [1.29, 1.82) is 0 Å². The summed E-state index contributed by atoms with van der Waals surface area (Å²) in [6.07, 6.45) is 2.20. The van der Waals surface area contributed by atoms with Gasteiger partial charge in [-0.15, -0.1) is 0 Å². The van der Waals surface area contributed by atoms with Crippen LogP contribution in [-0.2, 0) is 11.2 Å². The molecule has 1 N–H and O–H groups in total. The molecular formula is C25H25N3O3. The number of fused-ring (bicyclic) bond motifs is 1. The van der Waals surface area contributed by atoms with Gasteiger partial charge in [-0.05, 0) is 67.9 Å². The first-order valence-electron chi connectivity index (χ1n) is 10.2. The molecule has 4 rings (SSSR count). The summed E-state index contributed by atoms with van der Waals surface area (Å²) in [6, 6.07) is 19.2. The number of ether oxygens (including phenoxy) is 2. The third-order valence-corrected chi connectivity index (χ3v) is 5.10. The van der Waals surface area contributed by atoms with Crippen LogP contribution in [0.5, 0.6) is 11.5 Å². The summed E-state index contributed by atoms with van der Waals surface area (Å²) >= 11 is 0. The van der Waals surface area contributed by atoms with E-state index in [1.807, 2.05) is 85.1 Å². The molecule has 2 aromatic carbocycles. The van der Waals surface area contributed by atoms with Crippen LogP contribution < -0.4 is 14.8 Å². The van der Waals surface area contributed by atoms with E-state index in [9.17, 15) is 4.79 Å². The fourth-order valence-corrected chi connectivity index (χ4v) is 3.52. The van der Waals surface area contributed by atoms with Gasteiger partial charge in [-0.3, -0.25) is 4.79 Å². The Labute approximate surface area is 181 Å². The van der Waals surface area contributed by atoms with Gasteiger partial charge in [0.1, 0.15) is 17.1 Å². The minimum Gasteiger partial charge on any atom is -0.497 e. The highest BCUT2D eigenvalue weighted by atomic mass is 16.5. The predicted octanol–water partition coefficient (Wildman–Crippen LogP) is 4.90. The van der Waals surface area contributed by atoms with E-state index >= 15 is 0 Å². The number of pyridine rings is 1. The molecule has 1 amide bonds. The lowest BCUT2D eigenvalue weighted by Crippen LogP contribution is -2.14. The molecule has 0 saturated heterocycles. The molecule has 0 fully saturated rings. The molecule has 31 heavy (non-hydrogen) atoms. The second-order valence-corrected chi connectivity index (χ2v) is 7.22. The van der Waals surface area contributed by atoms with Gasteiger partial charge in [0.2, 0.25) is 5.91 Å². The van der Waals surface area contributed by atoms with Gasteiger partial charge in [-0.2, -0.15) is 0 Å². The van der Waals surface area contributed by atoms with Gasteiger partial charge < -0.3 is 19.2 Å². The molecule has 0 atom stereocenters. The van der Waals surface area contributed by atoms with Crippen molar-refractivity contribution in [3.05, 3.63) is 78.1 Å². The van der Waals surface area contributed by atoms with Crippen LogP contribution in [-0.4, -0.2) is 29.0 Å². The Morgan fingerprint density at radius 3 is 2.39 bits per heavy atom. The number of imidazole rings is 1. The molecule has 158 valence electrons. The number of hydrogen-bond donors (Lipinski definition) is 1. The quantitative estimate of drug-likeness (QED) is 0.466. The first-order chi connectivity index (χ1) is 15.1. The average molecular weight is 415 g/mol. The minimum absolute atomic E-state index is 0.0725. The van der Waals surface area contributed by atoms with E-state index in [1.54, 1.807) is 7.11 Å². The van der Waals surface area contributed by atoms with Gasteiger partial charge in [0.15, 0.2) is 0 Å². The second kappa shape index (κ2) is 8.92. The van der Waals surface area contributed by atoms with Crippen LogP contribution in [0.2, 0.25) is 0 Å². The van der Waals surface area contributed by atoms with E-state index in [2.05, 4.69) is 5.32 Å². The summed E-state index contributed by atoms with van der Waals surface area (Å²) in [5.41, 5.74) is 5.41. The van der Waals surface area contributed by atoms with Crippen LogP contribution in [0.3, 0.4) is 0 Å². The maximum absolute atomic E-state index is 12.5. The lowest BCUT2D eigenvalue weighted by Gasteiger charge is -2.08. The van der Waals surface area contributed by atoms with Crippen LogP contribution >= 0.6 is 0 Å². The number of nitrogens with one attached hydrogen (secondary N) is 1. The van der Waals surface area contributed by atoms with E-state index in [0.29, 0.717) is 13.0 Å². The topological polar surface area (TPSA) is 64.9 Å². The van der Waals surface area contributed by atoms with Gasteiger partial charge in [-0.25, -0.2) is 4.98 Å². The molecule has 0 unspecified atom stereocenters. The van der Waals surface area contributed by atoms with E-state index in [4.69, 9.17) is 14.5 Å². The maximum atomic E-state index is 12.5. The van der Waals surface area contributed by atoms with Crippen molar-refractivity contribution in [2.75, 3.05) is 19.0 Å². The molecule has 6 heteroatoms. The third-order valence-electron chi connectivity index (χ3n) is 5.10. The smallest absolute Gasteiger partial charge is 0.228 e. The predicted molar refractivity (Wildman–Crippen MR) is 122 cm³/mol. The van der Waals surface area contributed by atoms with Crippen molar-refractivity contribution in [2.45, 2.75) is 20.3 Å². The SMILES string of the molecule is CCOc1ccc(CC(=O)Nc2ccc3nc(-c4ccc(OC)cc4)c(C)n3c2)cc1. The van der Waals surface area contributed by atoms with E-state index in [0.717, 1.165) is 45.3 Å². The lowest BCUT2D eigenvalue weighted by atomic mass is 10.1. The van der Waals surface area contributed by atoms with Gasteiger partial charge >= 0.3 is 0 Å². The Morgan fingerprint density at radius 2 is 1.71 bits per heavy atom. The monoisotopic (exact) mass is 415 g/mol. The van der Waals surface area contributed by atoms with Crippen LogP contribution in [0.25, 0.3) is 16.9 Å². The van der Waals surface area contributed by atoms with Crippen LogP contribution in [0.15, 0.2) is 66.9 Å². The molecule has 0 aliphatic heterocycles. The summed E-state index contributed by atoms with van der Waals surface area (Å²) in [4.78, 5) is 17.3. The van der Waals surface area contributed by atoms with Gasteiger partial charge in [0.25, 0.3) is 0 Å². The Balaban J connectivity index is 1.50. The fraction of sp³-hybridized carbons (Fsp3) is 0.200. The summed E-state index contributed by atoms with van der Waals surface area (Å²) in [5.74, 6) is 1.54. The molecule has 0 radical (unpaired) electrons. The van der Waals surface area contributed by atoms with Gasteiger partial charge in [0, 0.05) is 17.5 Å². The number of nitrogens with zero attached hydrogens (tertiary/aromatic N) is 2. The number of aromatic nitrogens is 2. The molecule has 2 aromatic heterocycles. The number of carbonyl (C=O) groups excluding carboxylic acids is 1. The number of benzene rings is 2. The van der Waals surface area contributed by atoms with E-state index in [-0.39, 0.29) is 5.91 Å². The summed E-state index contributed by atoms with van der Waals surface area (Å²) < 4.78 is 12.7.